The highest BCUT2D eigenvalue weighted by atomic mass is 16.7. The molecule has 3 heteroatoms. The first-order valence-corrected chi connectivity index (χ1v) is 15.8. The van der Waals surface area contributed by atoms with Gasteiger partial charge in [0.1, 0.15) is 12.7 Å². The van der Waals surface area contributed by atoms with Gasteiger partial charge in [-0.1, -0.05) is 95.9 Å². The predicted molar refractivity (Wildman–Crippen MR) is 155 cm³/mol. The van der Waals surface area contributed by atoms with Gasteiger partial charge in [-0.05, 0) is 96.8 Å². The molecule has 0 radical (unpaired) electrons. The predicted octanol–water partition coefficient (Wildman–Crippen LogP) is 9.75. The number of carbonyl (C=O) groups excluding carboxylic acids is 1. The highest BCUT2D eigenvalue weighted by molar-refractivity contribution is 5.60. The Kier molecular flexibility index (Phi) is 8.32. The lowest BCUT2D eigenvalue weighted by molar-refractivity contribution is -0.0620. The summed E-state index contributed by atoms with van der Waals surface area (Å²) in [6.07, 6.45) is 16.1. The van der Waals surface area contributed by atoms with E-state index in [1.165, 1.54) is 51.4 Å². The van der Waals surface area contributed by atoms with E-state index in [1.54, 1.807) is 5.57 Å². The van der Waals surface area contributed by atoms with Crippen LogP contribution in [0.3, 0.4) is 0 Å². The van der Waals surface area contributed by atoms with Gasteiger partial charge in [0.15, 0.2) is 0 Å². The summed E-state index contributed by atoms with van der Waals surface area (Å²) in [5, 5.41) is 0. The van der Waals surface area contributed by atoms with Crippen LogP contribution in [0.25, 0.3) is 0 Å². The van der Waals surface area contributed by atoms with E-state index in [2.05, 4.69) is 40.7 Å². The quantitative estimate of drug-likeness (QED) is 0.253. The number of hydrogen-bond donors (Lipinski definition) is 0. The molecule has 210 valence electrons. The SMILES string of the molecule is CC(C)CCC[C@@H](C)[C@H]1CC[C@H]2[C@@H]3CC=C4C[C@H](OC(=O)OCc5ccccc5)CC[C@]4(C)[C@H]3CC[C@]12C. The van der Waals surface area contributed by atoms with Crippen LogP contribution in [0.4, 0.5) is 4.79 Å². The van der Waals surface area contributed by atoms with Crippen molar-refractivity contribution in [3.63, 3.8) is 0 Å². The van der Waals surface area contributed by atoms with Crippen molar-refractivity contribution in [2.24, 2.45) is 46.3 Å². The summed E-state index contributed by atoms with van der Waals surface area (Å²) < 4.78 is 11.2. The Labute approximate surface area is 232 Å². The Morgan fingerprint density at radius 1 is 0.974 bits per heavy atom. The van der Waals surface area contributed by atoms with Gasteiger partial charge in [0.25, 0.3) is 0 Å². The minimum absolute atomic E-state index is 0.0504. The largest absolute Gasteiger partial charge is 0.508 e. The molecule has 0 heterocycles. The third-order valence-corrected chi connectivity index (χ3v) is 11.7. The number of rotatable bonds is 8. The molecule has 0 spiro atoms. The van der Waals surface area contributed by atoms with Gasteiger partial charge in [0.2, 0.25) is 0 Å². The van der Waals surface area contributed by atoms with Gasteiger partial charge in [0.05, 0.1) is 0 Å². The van der Waals surface area contributed by atoms with Gasteiger partial charge in [0, 0.05) is 6.42 Å². The maximum absolute atomic E-state index is 12.4. The zero-order valence-corrected chi connectivity index (χ0v) is 24.7. The lowest BCUT2D eigenvalue weighted by atomic mass is 9.47. The van der Waals surface area contributed by atoms with Gasteiger partial charge in [-0.15, -0.1) is 0 Å². The second kappa shape index (κ2) is 11.4. The zero-order chi connectivity index (χ0) is 26.9. The van der Waals surface area contributed by atoms with Crippen molar-refractivity contribution in [2.45, 2.75) is 118 Å². The van der Waals surface area contributed by atoms with Crippen LogP contribution in [0.15, 0.2) is 42.0 Å². The van der Waals surface area contributed by atoms with Crippen molar-refractivity contribution >= 4 is 6.16 Å². The first kappa shape index (κ1) is 27.8. The van der Waals surface area contributed by atoms with Crippen LogP contribution >= 0.6 is 0 Å². The average molecular weight is 521 g/mol. The molecule has 0 amide bonds. The maximum Gasteiger partial charge on any atom is 0.508 e. The molecule has 1 aromatic rings. The second-order valence-electron chi connectivity index (χ2n) is 14.3. The summed E-state index contributed by atoms with van der Waals surface area (Å²) in [4.78, 5) is 12.4. The number of allylic oxidation sites excluding steroid dienone is 1. The summed E-state index contributed by atoms with van der Waals surface area (Å²) in [5.41, 5.74) is 3.36. The third-order valence-electron chi connectivity index (χ3n) is 11.7. The normalized spacial score (nSPS) is 37.0. The van der Waals surface area contributed by atoms with Crippen LogP contribution in [-0.4, -0.2) is 12.3 Å². The summed E-state index contributed by atoms with van der Waals surface area (Å²) in [6, 6.07) is 9.83. The zero-order valence-electron chi connectivity index (χ0n) is 24.7. The van der Waals surface area contributed by atoms with Crippen molar-refractivity contribution in [1.82, 2.24) is 0 Å². The molecule has 5 rings (SSSR count). The Morgan fingerprint density at radius 3 is 2.53 bits per heavy atom. The molecule has 4 aliphatic carbocycles. The molecule has 0 unspecified atom stereocenters. The van der Waals surface area contributed by atoms with Gasteiger partial charge >= 0.3 is 6.16 Å². The van der Waals surface area contributed by atoms with Gasteiger partial charge < -0.3 is 9.47 Å². The molecule has 0 N–H and O–H groups in total. The fourth-order valence-corrected chi connectivity index (χ4v) is 9.64. The molecular formula is C35H52O3. The van der Waals surface area contributed by atoms with E-state index in [0.717, 1.165) is 60.3 Å². The summed E-state index contributed by atoms with van der Waals surface area (Å²) >= 11 is 0. The van der Waals surface area contributed by atoms with E-state index in [1.807, 2.05) is 30.3 Å². The number of fused-ring (bicyclic) bond motifs is 5. The molecule has 38 heavy (non-hydrogen) atoms. The summed E-state index contributed by atoms with van der Waals surface area (Å²) in [7, 11) is 0. The monoisotopic (exact) mass is 520 g/mol. The third kappa shape index (κ3) is 5.46. The van der Waals surface area contributed by atoms with Crippen molar-refractivity contribution < 1.29 is 14.3 Å². The Hall–Kier alpha value is -1.77. The summed E-state index contributed by atoms with van der Waals surface area (Å²) in [5.74, 6) is 5.11. The molecule has 0 bridgehead atoms. The fourth-order valence-electron chi connectivity index (χ4n) is 9.64. The molecule has 3 fully saturated rings. The topological polar surface area (TPSA) is 35.5 Å². The molecule has 3 saturated carbocycles. The molecule has 3 nitrogen and oxygen atoms in total. The fraction of sp³-hybridized carbons (Fsp3) is 0.743. The number of benzene rings is 1. The van der Waals surface area contributed by atoms with E-state index in [4.69, 9.17) is 9.47 Å². The van der Waals surface area contributed by atoms with E-state index < -0.39 is 6.16 Å². The standard InChI is InChI=1S/C35H52O3/c1-24(2)10-9-11-25(3)30-16-17-31-29-15-14-27-22-28(38-33(36)37-23-26-12-7-6-8-13-26)18-20-34(27,4)32(29)19-21-35(30,31)5/h6-8,12-14,24-25,28-32H,9-11,15-23H2,1-5H3/t25-,28-,29+,30-,31+,32+,34+,35-/m1/s1. The molecule has 1 aromatic carbocycles. The van der Waals surface area contributed by atoms with Crippen molar-refractivity contribution in [3.8, 4) is 0 Å². The maximum atomic E-state index is 12.4. The van der Waals surface area contributed by atoms with Crippen molar-refractivity contribution in [3.05, 3.63) is 47.5 Å². The molecule has 8 atom stereocenters. The highest BCUT2D eigenvalue weighted by Gasteiger charge is 2.59. The lowest BCUT2D eigenvalue weighted by Crippen LogP contribution is -2.51. The molecule has 0 aromatic heterocycles. The van der Waals surface area contributed by atoms with E-state index in [9.17, 15) is 4.79 Å². The first-order valence-electron chi connectivity index (χ1n) is 15.8. The number of hydrogen-bond acceptors (Lipinski definition) is 3. The van der Waals surface area contributed by atoms with Crippen LogP contribution in [-0.2, 0) is 16.1 Å². The van der Waals surface area contributed by atoms with Crippen molar-refractivity contribution in [2.75, 3.05) is 0 Å². The van der Waals surface area contributed by atoms with Crippen LogP contribution in [0.5, 0.6) is 0 Å². The Bertz CT molecular complexity index is 982. The lowest BCUT2D eigenvalue weighted by Gasteiger charge is -2.58. The molecule has 0 saturated heterocycles. The average Bonchev–Trinajstić information content (AvgIpc) is 3.25. The summed E-state index contributed by atoms with van der Waals surface area (Å²) in [6.45, 7) is 12.8. The number of carbonyl (C=O) groups is 1. The Balaban J connectivity index is 1.19. The smallest absolute Gasteiger partial charge is 0.431 e. The molecule has 0 aliphatic heterocycles. The van der Waals surface area contributed by atoms with Crippen LogP contribution < -0.4 is 0 Å². The minimum atomic E-state index is -0.523. The van der Waals surface area contributed by atoms with Crippen LogP contribution in [0.2, 0.25) is 0 Å². The van der Waals surface area contributed by atoms with Crippen LogP contribution in [0.1, 0.15) is 111 Å². The first-order chi connectivity index (χ1) is 18.2. The van der Waals surface area contributed by atoms with Gasteiger partial charge in [-0.2, -0.15) is 0 Å². The molecular weight excluding hydrogens is 468 g/mol. The van der Waals surface area contributed by atoms with E-state index in [0.29, 0.717) is 5.41 Å². The van der Waals surface area contributed by atoms with E-state index in [-0.39, 0.29) is 18.1 Å². The highest BCUT2D eigenvalue weighted by Crippen LogP contribution is 2.67. The molecule has 4 aliphatic rings. The second-order valence-corrected chi connectivity index (χ2v) is 14.3. The minimum Gasteiger partial charge on any atom is -0.431 e. The van der Waals surface area contributed by atoms with Gasteiger partial charge in [-0.25, -0.2) is 4.79 Å². The number of ether oxygens (including phenoxy) is 2. The van der Waals surface area contributed by atoms with Gasteiger partial charge in [-0.3, -0.25) is 0 Å². The van der Waals surface area contributed by atoms with Crippen molar-refractivity contribution in [1.29, 1.82) is 0 Å². The van der Waals surface area contributed by atoms with E-state index >= 15 is 0 Å². The Morgan fingerprint density at radius 2 is 1.76 bits per heavy atom. The van der Waals surface area contributed by atoms with Crippen LogP contribution in [0, 0.1) is 46.3 Å².